The van der Waals surface area contributed by atoms with Gasteiger partial charge in [0.2, 0.25) is 0 Å². The summed E-state index contributed by atoms with van der Waals surface area (Å²) in [4.78, 5) is 22.2. The summed E-state index contributed by atoms with van der Waals surface area (Å²) in [6.07, 6.45) is 2.03. The van der Waals surface area contributed by atoms with Crippen LogP contribution in [0.2, 0.25) is 0 Å². The van der Waals surface area contributed by atoms with Crippen LogP contribution in [0.25, 0.3) is 0 Å². The van der Waals surface area contributed by atoms with E-state index in [1.807, 2.05) is 12.1 Å². The molecule has 6 nitrogen and oxygen atoms in total. The van der Waals surface area contributed by atoms with Crippen LogP contribution in [0, 0.1) is 0 Å². The van der Waals surface area contributed by atoms with E-state index in [9.17, 15) is 14.7 Å². The topological polar surface area (TPSA) is 98.7 Å². The van der Waals surface area contributed by atoms with E-state index in [0.717, 1.165) is 19.8 Å². The molecule has 0 aliphatic rings. The molecule has 0 fully saturated rings. The van der Waals surface area contributed by atoms with Crippen LogP contribution in [0.4, 0.5) is 10.5 Å². The molecule has 0 radical (unpaired) electrons. The molecule has 1 rings (SSSR count). The van der Waals surface area contributed by atoms with Gasteiger partial charge in [-0.25, -0.2) is 9.59 Å². The molecule has 1 unspecified atom stereocenters. The van der Waals surface area contributed by atoms with Crippen molar-refractivity contribution in [3.63, 3.8) is 0 Å². The SMILES string of the molecule is CCCc1ccc(NC(=O)NCC(C)(O)C(=O)O)cc1. The molecule has 0 heterocycles. The normalized spacial score (nSPS) is 13.3. The molecule has 1 aromatic carbocycles. The zero-order valence-corrected chi connectivity index (χ0v) is 11.6. The minimum absolute atomic E-state index is 0.373. The Labute approximate surface area is 117 Å². The number of amides is 2. The lowest BCUT2D eigenvalue weighted by Gasteiger charge is -2.18. The van der Waals surface area contributed by atoms with Crippen LogP contribution in [-0.4, -0.2) is 34.4 Å². The number of carboxylic acids is 1. The average Bonchev–Trinajstić information content (AvgIpc) is 2.39. The van der Waals surface area contributed by atoms with Gasteiger partial charge in [-0.15, -0.1) is 0 Å². The fourth-order valence-electron chi connectivity index (χ4n) is 1.55. The molecule has 20 heavy (non-hydrogen) atoms. The fraction of sp³-hybridized carbons (Fsp3) is 0.429. The van der Waals surface area contributed by atoms with Crippen molar-refractivity contribution >= 4 is 17.7 Å². The van der Waals surface area contributed by atoms with Crippen LogP contribution in [0.15, 0.2) is 24.3 Å². The Morgan fingerprint density at radius 3 is 2.35 bits per heavy atom. The predicted octanol–water partition coefficient (Wildman–Crippen LogP) is 1.60. The van der Waals surface area contributed by atoms with Gasteiger partial charge < -0.3 is 20.8 Å². The molecule has 0 saturated heterocycles. The van der Waals surface area contributed by atoms with E-state index in [1.165, 1.54) is 5.56 Å². The average molecular weight is 280 g/mol. The van der Waals surface area contributed by atoms with Gasteiger partial charge in [-0.05, 0) is 31.0 Å². The van der Waals surface area contributed by atoms with Gasteiger partial charge in [0.15, 0.2) is 5.60 Å². The molecule has 1 aromatic rings. The summed E-state index contributed by atoms with van der Waals surface area (Å²) in [5.41, 5.74) is -0.188. The minimum Gasteiger partial charge on any atom is -0.479 e. The van der Waals surface area contributed by atoms with Gasteiger partial charge in [0.1, 0.15) is 0 Å². The van der Waals surface area contributed by atoms with Crippen molar-refractivity contribution in [2.24, 2.45) is 0 Å². The zero-order valence-electron chi connectivity index (χ0n) is 11.6. The highest BCUT2D eigenvalue weighted by Gasteiger charge is 2.30. The summed E-state index contributed by atoms with van der Waals surface area (Å²) in [5.74, 6) is -1.39. The Morgan fingerprint density at radius 1 is 1.25 bits per heavy atom. The number of nitrogens with one attached hydrogen (secondary N) is 2. The van der Waals surface area contributed by atoms with Crippen molar-refractivity contribution in [1.29, 1.82) is 0 Å². The summed E-state index contributed by atoms with van der Waals surface area (Å²) in [6, 6.07) is 6.84. The van der Waals surface area contributed by atoms with Gasteiger partial charge in [0.05, 0.1) is 6.54 Å². The molecule has 110 valence electrons. The van der Waals surface area contributed by atoms with Gasteiger partial charge in [0, 0.05) is 5.69 Å². The maximum Gasteiger partial charge on any atom is 0.337 e. The maximum atomic E-state index is 11.6. The van der Waals surface area contributed by atoms with E-state index < -0.39 is 17.6 Å². The van der Waals surface area contributed by atoms with Crippen LogP contribution < -0.4 is 10.6 Å². The first-order valence-corrected chi connectivity index (χ1v) is 6.44. The van der Waals surface area contributed by atoms with E-state index >= 15 is 0 Å². The van der Waals surface area contributed by atoms with E-state index in [0.29, 0.717) is 5.69 Å². The highest BCUT2D eigenvalue weighted by Crippen LogP contribution is 2.11. The first kappa shape index (κ1) is 16.0. The number of benzene rings is 1. The summed E-state index contributed by atoms with van der Waals surface area (Å²) < 4.78 is 0. The van der Waals surface area contributed by atoms with E-state index in [1.54, 1.807) is 12.1 Å². The third-order valence-corrected chi connectivity index (χ3v) is 2.80. The lowest BCUT2D eigenvalue weighted by Crippen LogP contribution is -2.47. The lowest BCUT2D eigenvalue weighted by atomic mass is 10.1. The van der Waals surface area contributed by atoms with Crippen molar-refractivity contribution < 1.29 is 19.8 Å². The highest BCUT2D eigenvalue weighted by atomic mass is 16.4. The monoisotopic (exact) mass is 280 g/mol. The third-order valence-electron chi connectivity index (χ3n) is 2.80. The number of aliphatic carboxylic acids is 1. The molecular formula is C14H20N2O4. The number of carbonyl (C=O) groups excluding carboxylic acids is 1. The van der Waals surface area contributed by atoms with Gasteiger partial charge in [0.25, 0.3) is 0 Å². The van der Waals surface area contributed by atoms with Crippen molar-refractivity contribution in [3.8, 4) is 0 Å². The van der Waals surface area contributed by atoms with Gasteiger partial charge in [-0.1, -0.05) is 25.5 Å². The second-order valence-electron chi connectivity index (χ2n) is 4.83. The molecule has 2 amide bonds. The first-order valence-electron chi connectivity index (χ1n) is 6.44. The number of urea groups is 1. The predicted molar refractivity (Wildman–Crippen MR) is 75.7 cm³/mol. The van der Waals surface area contributed by atoms with Crippen molar-refractivity contribution in [3.05, 3.63) is 29.8 Å². The zero-order chi connectivity index (χ0) is 15.2. The van der Waals surface area contributed by atoms with E-state index in [4.69, 9.17) is 5.11 Å². The van der Waals surface area contributed by atoms with Crippen LogP contribution >= 0.6 is 0 Å². The fourth-order valence-corrected chi connectivity index (χ4v) is 1.55. The van der Waals surface area contributed by atoms with Gasteiger partial charge >= 0.3 is 12.0 Å². The Morgan fingerprint density at radius 2 is 1.85 bits per heavy atom. The van der Waals surface area contributed by atoms with Crippen LogP contribution in [0.1, 0.15) is 25.8 Å². The van der Waals surface area contributed by atoms with Crippen molar-refractivity contribution in [2.75, 3.05) is 11.9 Å². The quantitative estimate of drug-likeness (QED) is 0.636. The number of anilines is 1. The molecule has 0 aliphatic carbocycles. The molecule has 0 aliphatic heterocycles. The smallest absolute Gasteiger partial charge is 0.337 e. The molecular weight excluding hydrogens is 260 g/mol. The number of hydrogen-bond donors (Lipinski definition) is 4. The van der Waals surface area contributed by atoms with Crippen molar-refractivity contribution in [1.82, 2.24) is 5.32 Å². The van der Waals surface area contributed by atoms with Crippen LogP contribution in [0.3, 0.4) is 0 Å². The summed E-state index contributed by atoms with van der Waals surface area (Å²) >= 11 is 0. The standard InChI is InChI=1S/C14H20N2O4/c1-3-4-10-5-7-11(8-6-10)16-13(19)15-9-14(2,20)12(17)18/h5-8,20H,3-4,9H2,1-2H3,(H,17,18)(H2,15,16,19). The molecule has 0 saturated carbocycles. The maximum absolute atomic E-state index is 11.6. The van der Waals surface area contributed by atoms with Gasteiger partial charge in [-0.3, -0.25) is 0 Å². The second-order valence-corrected chi connectivity index (χ2v) is 4.83. The summed E-state index contributed by atoms with van der Waals surface area (Å²) in [7, 11) is 0. The summed E-state index contributed by atoms with van der Waals surface area (Å²) in [6.45, 7) is 2.84. The largest absolute Gasteiger partial charge is 0.479 e. The lowest BCUT2D eigenvalue weighted by molar-refractivity contribution is -0.155. The Hall–Kier alpha value is -2.08. The number of carbonyl (C=O) groups is 2. The second kappa shape index (κ2) is 6.91. The Kier molecular flexibility index (Phi) is 5.52. The number of aryl methyl sites for hydroxylation is 1. The van der Waals surface area contributed by atoms with E-state index in [-0.39, 0.29) is 6.54 Å². The molecule has 1 atom stereocenters. The Balaban J connectivity index is 2.48. The third kappa shape index (κ3) is 4.89. The van der Waals surface area contributed by atoms with Gasteiger partial charge in [-0.2, -0.15) is 0 Å². The number of aliphatic hydroxyl groups is 1. The summed E-state index contributed by atoms with van der Waals surface area (Å²) in [5, 5.41) is 23.0. The number of carboxylic acid groups (broad SMARTS) is 1. The minimum atomic E-state index is -1.98. The highest BCUT2D eigenvalue weighted by molar-refractivity contribution is 5.89. The Bertz CT molecular complexity index is 469. The molecule has 0 spiro atoms. The molecule has 0 bridgehead atoms. The molecule has 4 N–H and O–H groups in total. The number of rotatable bonds is 6. The van der Waals surface area contributed by atoms with Crippen LogP contribution in [-0.2, 0) is 11.2 Å². The molecule has 6 heteroatoms. The first-order chi connectivity index (χ1) is 9.35. The number of hydrogen-bond acceptors (Lipinski definition) is 3. The van der Waals surface area contributed by atoms with Crippen molar-refractivity contribution in [2.45, 2.75) is 32.3 Å². The molecule has 0 aromatic heterocycles. The van der Waals surface area contributed by atoms with Crippen LogP contribution in [0.5, 0.6) is 0 Å². The van der Waals surface area contributed by atoms with E-state index in [2.05, 4.69) is 17.6 Å².